The second-order valence-electron chi connectivity index (χ2n) is 5.32. The van der Waals surface area contributed by atoms with Gasteiger partial charge in [-0.05, 0) is 24.3 Å². The first-order valence-corrected chi connectivity index (χ1v) is 8.12. The van der Waals surface area contributed by atoms with E-state index in [0.29, 0.717) is 16.3 Å². The average Bonchev–Trinajstić information content (AvgIpc) is 3.05. The number of halogens is 1. The van der Waals surface area contributed by atoms with E-state index in [9.17, 15) is 24.1 Å². The number of nitrogens with zero attached hydrogens (tertiary/aromatic N) is 3. The third-order valence-corrected chi connectivity index (χ3v) is 4.46. The predicted octanol–water partition coefficient (Wildman–Crippen LogP) is 2.17. The van der Waals surface area contributed by atoms with Crippen molar-refractivity contribution in [1.29, 1.82) is 0 Å². The molecule has 0 aliphatic heterocycles. The summed E-state index contributed by atoms with van der Waals surface area (Å²) in [6, 6.07) is 6.61. The minimum atomic E-state index is -1.04. The van der Waals surface area contributed by atoms with Crippen LogP contribution in [0.25, 0.3) is 10.6 Å². The SMILES string of the molecule is NC(=O)c1cc([N+](=O)[O-])cn(Cc2csc(-c3ccc(F)cc3)n2)c1=O. The molecule has 3 aromatic rings. The van der Waals surface area contributed by atoms with E-state index >= 15 is 0 Å². The molecule has 0 aliphatic carbocycles. The lowest BCUT2D eigenvalue weighted by Gasteiger charge is -2.05. The number of benzene rings is 1. The van der Waals surface area contributed by atoms with Gasteiger partial charge in [-0.1, -0.05) is 0 Å². The number of primary amides is 1. The van der Waals surface area contributed by atoms with Crippen LogP contribution in [0.4, 0.5) is 10.1 Å². The van der Waals surface area contributed by atoms with Crippen molar-refractivity contribution in [2.45, 2.75) is 6.54 Å². The maximum atomic E-state index is 13.0. The van der Waals surface area contributed by atoms with Crippen molar-refractivity contribution in [3.8, 4) is 10.6 Å². The molecule has 0 unspecified atom stereocenters. The van der Waals surface area contributed by atoms with E-state index in [0.717, 1.165) is 16.8 Å². The standard InChI is InChI=1S/C16H11FN4O4S/c17-10-3-1-9(2-4-10)15-19-11(8-26-15)6-20-7-12(21(24)25)5-13(14(18)22)16(20)23/h1-5,7-8H,6H2,(H2,18,22). The van der Waals surface area contributed by atoms with Gasteiger partial charge in [0.2, 0.25) is 0 Å². The van der Waals surface area contributed by atoms with Crippen molar-refractivity contribution < 1.29 is 14.1 Å². The van der Waals surface area contributed by atoms with E-state index in [1.165, 1.54) is 23.5 Å². The molecule has 0 radical (unpaired) electrons. The van der Waals surface area contributed by atoms with E-state index in [1.54, 1.807) is 17.5 Å². The minimum absolute atomic E-state index is 0.0709. The zero-order valence-corrected chi connectivity index (χ0v) is 13.9. The van der Waals surface area contributed by atoms with Crippen LogP contribution >= 0.6 is 11.3 Å². The molecule has 0 aliphatic rings. The van der Waals surface area contributed by atoms with Crippen molar-refractivity contribution in [1.82, 2.24) is 9.55 Å². The monoisotopic (exact) mass is 374 g/mol. The topological polar surface area (TPSA) is 121 Å². The van der Waals surface area contributed by atoms with E-state index < -0.39 is 27.6 Å². The summed E-state index contributed by atoms with van der Waals surface area (Å²) in [6.45, 7) is -0.0709. The quantitative estimate of drug-likeness (QED) is 0.542. The van der Waals surface area contributed by atoms with Crippen molar-refractivity contribution in [2.24, 2.45) is 5.73 Å². The van der Waals surface area contributed by atoms with Crippen LogP contribution in [0, 0.1) is 15.9 Å². The van der Waals surface area contributed by atoms with Gasteiger partial charge in [-0.3, -0.25) is 19.7 Å². The van der Waals surface area contributed by atoms with E-state index in [1.807, 2.05) is 0 Å². The Balaban J connectivity index is 1.96. The number of carbonyl (C=O) groups excluding carboxylic acids is 1. The Morgan fingerprint density at radius 3 is 2.65 bits per heavy atom. The molecule has 3 rings (SSSR count). The van der Waals surface area contributed by atoms with Crippen molar-refractivity contribution in [3.05, 3.63) is 79.5 Å². The normalized spacial score (nSPS) is 10.7. The minimum Gasteiger partial charge on any atom is -0.365 e. The highest BCUT2D eigenvalue weighted by Gasteiger charge is 2.18. The molecule has 1 amide bonds. The van der Waals surface area contributed by atoms with Crippen LogP contribution in [0.3, 0.4) is 0 Å². The molecule has 0 saturated carbocycles. The van der Waals surface area contributed by atoms with Gasteiger partial charge in [0.05, 0.1) is 23.4 Å². The smallest absolute Gasteiger partial charge is 0.286 e. The molecule has 2 aromatic heterocycles. The van der Waals surface area contributed by atoms with Crippen LogP contribution in [0.2, 0.25) is 0 Å². The van der Waals surface area contributed by atoms with Gasteiger partial charge in [0.1, 0.15) is 16.4 Å². The van der Waals surface area contributed by atoms with Gasteiger partial charge < -0.3 is 10.3 Å². The van der Waals surface area contributed by atoms with Gasteiger partial charge in [-0.15, -0.1) is 11.3 Å². The Morgan fingerprint density at radius 2 is 2.04 bits per heavy atom. The number of pyridine rings is 1. The van der Waals surface area contributed by atoms with Gasteiger partial charge in [0.15, 0.2) is 0 Å². The molecule has 2 heterocycles. The van der Waals surface area contributed by atoms with Crippen LogP contribution in [0.5, 0.6) is 0 Å². The summed E-state index contributed by atoms with van der Waals surface area (Å²) in [6.07, 6.45) is 1.03. The predicted molar refractivity (Wildman–Crippen MR) is 92.5 cm³/mol. The van der Waals surface area contributed by atoms with Gasteiger partial charge in [-0.2, -0.15) is 0 Å². The fraction of sp³-hybridized carbons (Fsp3) is 0.0625. The highest BCUT2D eigenvalue weighted by Crippen LogP contribution is 2.24. The van der Waals surface area contributed by atoms with Crippen LogP contribution in [-0.2, 0) is 6.54 Å². The Morgan fingerprint density at radius 1 is 1.35 bits per heavy atom. The fourth-order valence-electron chi connectivity index (χ4n) is 2.29. The summed E-state index contributed by atoms with van der Waals surface area (Å²) in [4.78, 5) is 38.3. The summed E-state index contributed by atoms with van der Waals surface area (Å²) in [7, 11) is 0. The summed E-state index contributed by atoms with van der Waals surface area (Å²) in [5, 5.41) is 13.3. The molecule has 0 fully saturated rings. The van der Waals surface area contributed by atoms with Crippen molar-refractivity contribution >= 4 is 22.9 Å². The second-order valence-corrected chi connectivity index (χ2v) is 6.18. The van der Waals surface area contributed by atoms with Crippen LogP contribution in [0.15, 0.2) is 46.7 Å². The molecule has 132 valence electrons. The Hall–Kier alpha value is -3.40. The molecular formula is C16H11FN4O4S. The summed E-state index contributed by atoms with van der Waals surface area (Å²) in [5.41, 5.74) is 4.66. The maximum absolute atomic E-state index is 13.0. The van der Waals surface area contributed by atoms with Gasteiger partial charge in [0, 0.05) is 17.0 Å². The number of hydrogen-bond acceptors (Lipinski definition) is 6. The van der Waals surface area contributed by atoms with Crippen molar-refractivity contribution in [2.75, 3.05) is 0 Å². The number of nitrogens with two attached hydrogens (primary N) is 1. The zero-order chi connectivity index (χ0) is 18.8. The third-order valence-electron chi connectivity index (χ3n) is 3.52. The molecule has 2 N–H and O–H groups in total. The highest BCUT2D eigenvalue weighted by molar-refractivity contribution is 7.13. The summed E-state index contributed by atoms with van der Waals surface area (Å²) in [5.74, 6) is -1.41. The number of rotatable bonds is 5. The number of carbonyl (C=O) groups is 1. The molecule has 26 heavy (non-hydrogen) atoms. The number of hydrogen-bond donors (Lipinski definition) is 1. The summed E-state index contributed by atoms with van der Waals surface area (Å²) >= 11 is 1.28. The lowest BCUT2D eigenvalue weighted by molar-refractivity contribution is -0.385. The van der Waals surface area contributed by atoms with Crippen LogP contribution < -0.4 is 11.3 Å². The molecular weight excluding hydrogens is 363 g/mol. The lowest BCUT2D eigenvalue weighted by atomic mass is 10.2. The summed E-state index contributed by atoms with van der Waals surface area (Å²) < 4.78 is 14.0. The van der Waals surface area contributed by atoms with E-state index in [-0.39, 0.29) is 12.4 Å². The Kier molecular flexibility index (Phi) is 4.59. The van der Waals surface area contributed by atoms with Crippen LogP contribution in [0.1, 0.15) is 16.1 Å². The first-order chi connectivity index (χ1) is 12.3. The number of amides is 1. The molecule has 10 heteroatoms. The lowest BCUT2D eigenvalue weighted by Crippen LogP contribution is -2.30. The molecule has 0 saturated heterocycles. The number of thiazole rings is 1. The highest BCUT2D eigenvalue weighted by atomic mass is 32.1. The second kappa shape index (κ2) is 6.84. The number of nitro groups is 1. The van der Waals surface area contributed by atoms with Gasteiger partial charge in [0.25, 0.3) is 17.2 Å². The molecule has 0 atom stereocenters. The first kappa shape index (κ1) is 17.4. The Bertz CT molecular complexity index is 1060. The van der Waals surface area contributed by atoms with Crippen molar-refractivity contribution in [3.63, 3.8) is 0 Å². The van der Waals surface area contributed by atoms with E-state index in [2.05, 4.69) is 4.98 Å². The molecule has 0 spiro atoms. The zero-order valence-electron chi connectivity index (χ0n) is 13.1. The van der Waals surface area contributed by atoms with E-state index in [4.69, 9.17) is 5.73 Å². The first-order valence-electron chi connectivity index (χ1n) is 7.24. The fourth-order valence-corrected chi connectivity index (χ4v) is 3.11. The van der Waals surface area contributed by atoms with Gasteiger partial charge in [-0.25, -0.2) is 9.37 Å². The maximum Gasteiger partial charge on any atom is 0.286 e. The van der Waals surface area contributed by atoms with Crippen LogP contribution in [-0.4, -0.2) is 20.4 Å². The molecule has 0 bridgehead atoms. The Labute approximate surface area is 149 Å². The largest absolute Gasteiger partial charge is 0.365 e. The molecule has 1 aromatic carbocycles. The number of aromatic nitrogens is 2. The third kappa shape index (κ3) is 3.49. The van der Waals surface area contributed by atoms with Gasteiger partial charge >= 0.3 is 0 Å². The average molecular weight is 374 g/mol. The molecule has 8 nitrogen and oxygen atoms in total.